The molecular formula is C28H32F3N5O2. The molecule has 1 saturated heterocycles. The van der Waals surface area contributed by atoms with E-state index in [4.69, 9.17) is 10.8 Å². The zero-order chi connectivity index (χ0) is 27.3. The first-order chi connectivity index (χ1) is 18.2. The van der Waals surface area contributed by atoms with Crippen LogP contribution in [0.1, 0.15) is 36.8 Å². The SMILES string of the molecule is N=CC(C=N)C(=O)NC1CCN(CCCCC2(C(=O)NCC(F)(F)F)c3ccccc3-c3ccccc32)C1. The van der Waals surface area contributed by atoms with E-state index in [0.717, 1.165) is 60.6 Å². The van der Waals surface area contributed by atoms with E-state index in [1.807, 2.05) is 48.5 Å². The fourth-order valence-corrected chi connectivity index (χ4v) is 5.66. The summed E-state index contributed by atoms with van der Waals surface area (Å²) in [6, 6.07) is 14.8. The predicted octanol–water partition coefficient (Wildman–Crippen LogP) is 3.91. The smallest absolute Gasteiger partial charge is 0.351 e. The maximum Gasteiger partial charge on any atom is 0.405 e. The molecule has 0 saturated carbocycles. The van der Waals surface area contributed by atoms with Crippen molar-refractivity contribution in [2.75, 3.05) is 26.2 Å². The van der Waals surface area contributed by atoms with E-state index < -0.39 is 30.0 Å². The molecule has 38 heavy (non-hydrogen) atoms. The number of carbonyl (C=O) groups is 2. The molecule has 7 nitrogen and oxygen atoms in total. The van der Waals surface area contributed by atoms with E-state index in [-0.39, 0.29) is 11.9 Å². The van der Waals surface area contributed by atoms with Gasteiger partial charge < -0.3 is 26.4 Å². The molecule has 1 fully saturated rings. The van der Waals surface area contributed by atoms with Crippen LogP contribution in [0.25, 0.3) is 11.1 Å². The van der Waals surface area contributed by atoms with Gasteiger partial charge in [-0.25, -0.2) is 0 Å². The Morgan fingerprint density at radius 3 is 2.21 bits per heavy atom. The highest BCUT2D eigenvalue weighted by Crippen LogP contribution is 2.51. The minimum absolute atomic E-state index is 0.0574. The topological polar surface area (TPSA) is 109 Å². The van der Waals surface area contributed by atoms with Crippen molar-refractivity contribution >= 4 is 24.2 Å². The van der Waals surface area contributed by atoms with Crippen molar-refractivity contribution in [1.82, 2.24) is 15.5 Å². The zero-order valence-electron chi connectivity index (χ0n) is 21.0. The monoisotopic (exact) mass is 527 g/mol. The highest BCUT2D eigenvalue weighted by molar-refractivity contribution is 6.06. The van der Waals surface area contributed by atoms with Crippen molar-refractivity contribution in [1.29, 1.82) is 10.8 Å². The molecule has 1 aliphatic carbocycles. The van der Waals surface area contributed by atoms with E-state index in [0.29, 0.717) is 19.4 Å². The first kappa shape index (κ1) is 27.5. The molecule has 2 aromatic carbocycles. The number of fused-ring (bicyclic) bond motifs is 3. The largest absolute Gasteiger partial charge is 0.405 e. The van der Waals surface area contributed by atoms with Crippen molar-refractivity contribution in [3.05, 3.63) is 59.7 Å². The second kappa shape index (κ2) is 11.5. The lowest BCUT2D eigenvalue weighted by atomic mass is 9.73. The Labute approximate surface area is 219 Å². The molecule has 0 aromatic heterocycles. The van der Waals surface area contributed by atoms with Gasteiger partial charge in [0.05, 0.1) is 0 Å². The third-order valence-electron chi connectivity index (χ3n) is 7.46. The van der Waals surface area contributed by atoms with Crippen LogP contribution >= 0.6 is 0 Å². The molecule has 0 radical (unpaired) electrons. The molecule has 2 aliphatic rings. The Bertz CT molecular complexity index is 1150. The number of hydrogen-bond acceptors (Lipinski definition) is 5. The number of amides is 2. The van der Waals surface area contributed by atoms with Crippen molar-refractivity contribution in [2.45, 2.75) is 43.3 Å². The molecule has 10 heteroatoms. The van der Waals surface area contributed by atoms with Gasteiger partial charge in [-0.1, -0.05) is 55.0 Å². The Kier molecular flexibility index (Phi) is 8.30. The molecule has 4 rings (SSSR count). The number of alkyl halides is 3. The van der Waals surface area contributed by atoms with Crippen LogP contribution in [0.4, 0.5) is 13.2 Å². The van der Waals surface area contributed by atoms with E-state index in [1.54, 1.807) is 0 Å². The summed E-state index contributed by atoms with van der Waals surface area (Å²) in [7, 11) is 0. The molecular weight excluding hydrogens is 495 g/mol. The first-order valence-corrected chi connectivity index (χ1v) is 12.8. The van der Waals surface area contributed by atoms with Crippen molar-refractivity contribution < 1.29 is 22.8 Å². The van der Waals surface area contributed by atoms with Crippen molar-refractivity contribution in [2.24, 2.45) is 5.92 Å². The van der Waals surface area contributed by atoms with Crippen molar-refractivity contribution in [3.8, 4) is 11.1 Å². The number of likely N-dealkylation sites (tertiary alicyclic amines) is 1. The minimum Gasteiger partial charge on any atom is -0.351 e. The molecule has 202 valence electrons. The number of rotatable bonds is 11. The van der Waals surface area contributed by atoms with Gasteiger partial charge in [-0.05, 0) is 48.1 Å². The van der Waals surface area contributed by atoms with E-state index in [1.165, 1.54) is 0 Å². The van der Waals surface area contributed by atoms with E-state index >= 15 is 0 Å². The normalized spacial score (nSPS) is 18.8. The molecule has 2 amide bonds. The molecule has 1 heterocycles. The summed E-state index contributed by atoms with van der Waals surface area (Å²) >= 11 is 0. The lowest BCUT2D eigenvalue weighted by Gasteiger charge is -2.31. The number of nitrogens with zero attached hydrogens (tertiary/aromatic N) is 1. The minimum atomic E-state index is -4.51. The van der Waals surface area contributed by atoms with Gasteiger partial charge in [0.2, 0.25) is 11.8 Å². The number of nitrogens with one attached hydrogen (secondary N) is 4. The number of carbonyl (C=O) groups excluding carboxylic acids is 2. The predicted molar refractivity (Wildman–Crippen MR) is 140 cm³/mol. The van der Waals surface area contributed by atoms with E-state index in [9.17, 15) is 22.8 Å². The van der Waals surface area contributed by atoms with Gasteiger partial charge in [0.1, 0.15) is 17.9 Å². The molecule has 2 aromatic rings. The third-order valence-corrected chi connectivity index (χ3v) is 7.46. The summed E-state index contributed by atoms with van der Waals surface area (Å²) in [6.07, 6.45) is -0.127. The first-order valence-electron chi connectivity index (χ1n) is 12.8. The number of benzene rings is 2. The Balaban J connectivity index is 1.44. The number of halogens is 3. The highest BCUT2D eigenvalue weighted by atomic mass is 19.4. The molecule has 1 atom stereocenters. The van der Waals surface area contributed by atoms with Gasteiger partial charge in [-0.2, -0.15) is 13.2 Å². The zero-order valence-corrected chi connectivity index (χ0v) is 21.0. The summed E-state index contributed by atoms with van der Waals surface area (Å²) in [6.45, 7) is 0.787. The molecule has 1 unspecified atom stereocenters. The van der Waals surface area contributed by atoms with Crippen LogP contribution in [0.15, 0.2) is 48.5 Å². The van der Waals surface area contributed by atoms with Crippen molar-refractivity contribution in [3.63, 3.8) is 0 Å². The van der Waals surface area contributed by atoms with Gasteiger partial charge in [0.15, 0.2) is 0 Å². The van der Waals surface area contributed by atoms with Crippen LogP contribution < -0.4 is 10.6 Å². The summed E-state index contributed by atoms with van der Waals surface area (Å²) in [5.74, 6) is -1.85. The quantitative estimate of drug-likeness (QED) is 0.263. The lowest BCUT2D eigenvalue weighted by molar-refractivity contribution is -0.141. The highest BCUT2D eigenvalue weighted by Gasteiger charge is 2.49. The van der Waals surface area contributed by atoms with Crippen LogP contribution in [0.3, 0.4) is 0 Å². The standard InChI is InChI=1S/C28H32F3N5O2/c29-28(30,31)18-34-26(38)27(23-9-3-1-7-21(23)22-8-2-4-10-24(22)27)12-5-6-13-36-14-11-20(17-36)35-25(37)19(15-32)16-33/h1-4,7-10,15-16,19-20,32-33H,5-6,11-14,17-18H2,(H,34,38)(H,35,37). The lowest BCUT2D eigenvalue weighted by Crippen LogP contribution is -2.47. The van der Waals surface area contributed by atoms with Gasteiger partial charge in [0, 0.05) is 31.6 Å². The van der Waals surface area contributed by atoms with Crippen LogP contribution in [0.2, 0.25) is 0 Å². The van der Waals surface area contributed by atoms with Crippen LogP contribution in [-0.4, -0.2) is 67.5 Å². The molecule has 0 bridgehead atoms. The van der Waals surface area contributed by atoms with Gasteiger partial charge in [-0.3, -0.25) is 9.59 Å². The number of hydrogen-bond donors (Lipinski definition) is 4. The van der Waals surface area contributed by atoms with E-state index in [2.05, 4.69) is 15.5 Å². The fraction of sp³-hybridized carbons (Fsp3) is 0.429. The summed E-state index contributed by atoms with van der Waals surface area (Å²) in [5.41, 5.74) is 2.01. The van der Waals surface area contributed by atoms with Crippen LogP contribution in [0, 0.1) is 16.7 Å². The molecule has 0 spiro atoms. The summed E-state index contributed by atoms with van der Waals surface area (Å²) < 4.78 is 39.1. The third kappa shape index (κ3) is 5.65. The van der Waals surface area contributed by atoms with Crippen LogP contribution in [-0.2, 0) is 15.0 Å². The second-order valence-corrected chi connectivity index (χ2v) is 9.91. The Hall–Kier alpha value is -3.53. The van der Waals surface area contributed by atoms with Gasteiger partial charge in [-0.15, -0.1) is 0 Å². The maximum absolute atomic E-state index is 13.5. The van der Waals surface area contributed by atoms with Gasteiger partial charge >= 0.3 is 6.18 Å². The van der Waals surface area contributed by atoms with Gasteiger partial charge in [0.25, 0.3) is 0 Å². The Morgan fingerprint density at radius 2 is 1.63 bits per heavy atom. The second-order valence-electron chi connectivity index (χ2n) is 9.91. The maximum atomic E-state index is 13.5. The number of unbranched alkanes of at least 4 members (excludes halogenated alkanes) is 1. The fourth-order valence-electron chi connectivity index (χ4n) is 5.66. The Morgan fingerprint density at radius 1 is 1.03 bits per heavy atom. The summed E-state index contributed by atoms with van der Waals surface area (Å²) in [5, 5.41) is 19.6. The molecule has 1 aliphatic heterocycles. The molecule has 4 N–H and O–H groups in total. The summed E-state index contributed by atoms with van der Waals surface area (Å²) in [4.78, 5) is 27.9. The van der Waals surface area contributed by atoms with Crippen LogP contribution in [0.5, 0.6) is 0 Å². The average Bonchev–Trinajstić information content (AvgIpc) is 3.46. The average molecular weight is 528 g/mol.